The topological polar surface area (TPSA) is 75.4 Å². The number of nitrogens with one attached hydrogen (secondary N) is 1. The summed E-state index contributed by atoms with van der Waals surface area (Å²) in [6.45, 7) is 3.38. The summed E-state index contributed by atoms with van der Waals surface area (Å²) < 4.78 is 0. The SMILES string of the molecule is NC(=O)C1CCN(CCCNC(=O)c2cccc(-c3ccccc3)c2)CC1. The van der Waals surface area contributed by atoms with E-state index < -0.39 is 0 Å². The minimum atomic E-state index is -0.181. The summed E-state index contributed by atoms with van der Waals surface area (Å²) in [7, 11) is 0. The molecule has 1 heterocycles. The number of benzene rings is 2. The first-order valence-electron chi connectivity index (χ1n) is 9.59. The predicted octanol–water partition coefficient (Wildman–Crippen LogP) is 2.67. The third-order valence-electron chi connectivity index (χ3n) is 5.16. The molecule has 0 unspecified atom stereocenters. The fourth-order valence-corrected chi connectivity index (χ4v) is 3.52. The van der Waals surface area contributed by atoms with Gasteiger partial charge in [-0.2, -0.15) is 0 Å². The molecule has 3 rings (SSSR count). The Labute approximate surface area is 160 Å². The molecule has 5 heteroatoms. The van der Waals surface area contributed by atoms with Gasteiger partial charge in [-0.15, -0.1) is 0 Å². The summed E-state index contributed by atoms with van der Waals surface area (Å²) in [4.78, 5) is 26.0. The van der Waals surface area contributed by atoms with Gasteiger partial charge in [-0.25, -0.2) is 0 Å². The molecule has 2 amide bonds. The van der Waals surface area contributed by atoms with Crippen LogP contribution >= 0.6 is 0 Å². The number of hydrogen-bond donors (Lipinski definition) is 2. The first-order chi connectivity index (χ1) is 13.1. The van der Waals surface area contributed by atoms with E-state index in [2.05, 4.69) is 10.2 Å². The highest BCUT2D eigenvalue weighted by Gasteiger charge is 2.22. The van der Waals surface area contributed by atoms with Gasteiger partial charge < -0.3 is 16.0 Å². The standard InChI is InChI=1S/C22H27N3O2/c23-21(26)18-10-14-25(15-11-18)13-5-12-24-22(27)20-9-4-8-19(16-20)17-6-2-1-3-7-17/h1-4,6-9,16,18H,5,10-15H2,(H2,23,26)(H,24,27). The molecule has 0 saturated carbocycles. The molecule has 2 aromatic rings. The van der Waals surface area contributed by atoms with Crippen molar-refractivity contribution in [1.82, 2.24) is 10.2 Å². The molecule has 0 spiro atoms. The zero-order chi connectivity index (χ0) is 19.1. The first-order valence-corrected chi connectivity index (χ1v) is 9.59. The van der Waals surface area contributed by atoms with Crippen molar-refractivity contribution >= 4 is 11.8 Å². The monoisotopic (exact) mass is 365 g/mol. The fraction of sp³-hybridized carbons (Fsp3) is 0.364. The van der Waals surface area contributed by atoms with Crippen molar-refractivity contribution in [3.8, 4) is 11.1 Å². The molecule has 1 fully saturated rings. The Kier molecular flexibility index (Phi) is 6.60. The lowest BCUT2D eigenvalue weighted by Gasteiger charge is -2.30. The van der Waals surface area contributed by atoms with Crippen LogP contribution in [0.2, 0.25) is 0 Å². The van der Waals surface area contributed by atoms with Gasteiger partial charge in [0.2, 0.25) is 5.91 Å². The Morgan fingerprint density at radius 1 is 1.00 bits per heavy atom. The van der Waals surface area contributed by atoms with Gasteiger partial charge in [-0.05, 0) is 62.2 Å². The van der Waals surface area contributed by atoms with Crippen molar-refractivity contribution in [1.29, 1.82) is 0 Å². The van der Waals surface area contributed by atoms with E-state index in [1.165, 1.54) is 0 Å². The average Bonchev–Trinajstić information content (AvgIpc) is 2.72. The highest BCUT2D eigenvalue weighted by Crippen LogP contribution is 2.20. The molecule has 0 bridgehead atoms. The summed E-state index contributed by atoms with van der Waals surface area (Å²) in [5, 5.41) is 3.00. The van der Waals surface area contributed by atoms with E-state index in [1.54, 1.807) is 0 Å². The van der Waals surface area contributed by atoms with Crippen LogP contribution in [0.3, 0.4) is 0 Å². The van der Waals surface area contributed by atoms with Crippen molar-refractivity contribution < 1.29 is 9.59 Å². The maximum absolute atomic E-state index is 12.4. The number of rotatable bonds is 7. The molecule has 142 valence electrons. The molecule has 1 aliphatic heterocycles. The summed E-state index contributed by atoms with van der Waals surface area (Å²) >= 11 is 0. The van der Waals surface area contributed by atoms with Gasteiger partial charge >= 0.3 is 0 Å². The van der Waals surface area contributed by atoms with E-state index in [-0.39, 0.29) is 17.7 Å². The summed E-state index contributed by atoms with van der Waals surface area (Å²) in [6, 6.07) is 17.8. The lowest BCUT2D eigenvalue weighted by Crippen LogP contribution is -2.39. The second kappa shape index (κ2) is 9.33. The van der Waals surface area contributed by atoms with Gasteiger partial charge in [0.25, 0.3) is 5.91 Å². The fourth-order valence-electron chi connectivity index (χ4n) is 3.52. The number of nitrogens with two attached hydrogens (primary N) is 1. The summed E-state index contributed by atoms with van der Waals surface area (Å²) in [6.07, 6.45) is 2.58. The van der Waals surface area contributed by atoms with Crippen LogP contribution in [0.5, 0.6) is 0 Å². The lowest BCUT2D eigenvalue weighted by atomic mass is 9.96. The Bertz CT molecular complexity index is 768. The van der Waals surface area contributed by atoms with Crippen molar-refractivity contribution in [3.63, 3.8) is 0 Å². The van der Waals surface area contributed by atoms with Crippen LogP contribution in [-0.4, -0.2) is 42.9 Å². The second-order valence-corrected chi connectivity index (χ2v) is 7.07. The van der Waals surface area contributed by atoms with Crippen molar-refractivity contribution in [2.75, 3.05) is 26.2 Å². The molecule has 0 aliphatic carbocycles. The third kappa shape index (κ3) is 5.41. The lowest BCUT2D eigenvalue weighted by molar-refractivity contribution is -0.123. The van der Waals surface area contributed by atoms with Gasteiger partial charge in [0, 0.05) is 18.0 Å². The van der Waals surface area contributed by atoms with E-state index in [1.807, 2.05) is 54.6 Å². The Morgan fingerprint density at radius 3 is 2.41 bits per heavy atom. The van der Waals surface area contributed by atoms with Crippen LogP contribution in [0.1, 0.15) is 29.6 Å². The van der Waals surface area contributed by atoms with Crippen LogP contribution in [0.4, 0.5) is 0 Å². The number of nitrogens with zero attached hydrogens (tertiary/aromatic N) is 1. The predicted molar refractivity (Wildman–Crippen MR) is 107 cm³/mol. The van der Waals surface area contributed by atoms with Gasteiger partial charge in [0.15, 0.2) is 0 Å². The van der Waals surface area contributed by atoms with E-state index in [9.17, 15) is 9.59 Å². The van der Waals surface area contributed by atoms with E-state index >= 15 is 0 Å². The highest BCUT2D eigenvalue weighted by molar-refractivity contribution is 5.95. The van der Waals surface area contributed by atoms with E-state index in [0.717, 1.165) is 50.0 Å². The van der Waals surface area contributed by atoms with Gasteiger partial charge in [0.1, 0.15) is 0 Å². The van der Waals surface area contributed by atoms with Gasteiger partial charge in [-0.3, -0.25) is 9.59 Å². The Hall–Kier alpha value is -2.66. The summed E-state index contributed by atoms with van der Waals surface area (Å²) in [5.41, 5.74) is 8.19. The average molecular weight is 365 g/mol. The number of carbonyl (C=O) groups is 2. The number of likely N-dealkylation sites (tertiary alicyclic amines) is 1. The third-order valence-corrected chi connectivity index (χ3v) is 5.16. The zero-order valence-corrected chi connectivity index (χ0v) is 15.6. The van der Waals surface area contributed by atoms with Crippen molar-refractivity contribution in [2.24, 2.45) is 11.7 Å². The van der Waals surface area contributed by atoms with Crippen LogP contribution in [0, 0.1) is 5.92 Å². The molecule has 5 nitrogen and oxygen atoms in total. The smallest absolute Gasteiger partial charge is 0.251 e. The molecule has 1 saturated heterocycles. The molecule has 3 N–H and O–H groups in total. The molecule has 27 heavy (non-hydrogen) atoms. The maximum atomic E-state index is 12.4. The minimum Gasteiger partial charge on any atom is -0.369 e. The zero-order valence-electron chi connectivity index (χ0n) is 15.6. The molecule has 2 aromatic carbocycles. The molecular formula is C22H27N3O2. The van der Waals surface area contributed by atoms with E-state index in [0.29, 0.717) is 12.1 Å². The molecule has 1 aliphatic rings. The first kappa shape index (κ1) is 19.1. The van der Waals surface area contributed by atoms with Crippen LogP contribution in [0.15, 0.2) is 54.6 Å². The molecule has 0 radical (unpaired) electrons. The normalized spacial score (nSPS) is 15.4. The van der Waals surface area contributed by atoms with Crippen LogP contribution < -0.4 is 11.1 Å². The van der Waals surface area contributed by atoms with E-state index in [4.69, 9.17) is 5.73 Å². The Morgan fingerprint density at radius 2 is 1.70 bits per heavy atom. The quantitative estimate of drug-likeness (QED) is 0.741. The molecule has 0 aromatic heterocycles. The number of primary amides is 1. The number of carbonyl (C=O) groups excluding carboxylic acids is 2. The Balaban J connectivity index is 1.43. The highest BCUT2D eigenvalue weighted by atomic mass is 16.2. The molecular weight excluding hydrogens is 338 g/mol. The number of hydrogen-bond acceptors (Lipinski definition) is 3. The van der Waals surface area contributed by atoms with Crippen LogP contribution in [0.25, 0.3) is 11.1 Å². The van der Waals surface area contributed by atoms with Crippen molar-refractivity contribution in [2.45, 2.75) is 19.3 Å². The van der Waals surface area contributed by atoms with Crippen LogP contribution in [-0.2, 0) is 4.79 Å². The summed E-state index contributed by atoms with van der Waals surface area (Å²) in [5.74, 6) is -0.197. The van der Waals surface area contributed by atoms with Gasteiger partial charge in [0.05, 0.1) is 0 Å². The van der Waals surface area contributed by atoms with Gasteiger partial charge in [-0.1, -0.05) is 42.5 Å². The number of piperidine rings is 1. The maximum Gasteiger partial charge on any atom is 0.251 e. The van der Waals surface area contributed by atoms with Crippen molar-refractivity contribution in [3.05, 3.63) is 60.2 Å². The number of amides is 2. The largest absolute Gasteiger partial charge is 0.369 e. The molecule has 0 atom stereocenters. The second-order valence-electron chi connectivity index (χ2n) is 7.07. The minimum absolute atomic E-state index is 0.0258.